The van der Waals surface area contributed by atoms with Crippen LogP contribution in [0.15, 0.2) is 54.6 Å². The molecule has 0 bridgehead atoms. The van der Waals surface area contributed by atoms with Crippen molar-refractivity contribution in [3.8, 4) is 11.8 Å². The molecular weight excluding hydrogens is 576 g/mol. The molecule has 0 fully saturated rings. The molecule has 2 aromatic carbocycles. The molecule has 0 spiro atoms. The molecule has 0 amide bonds. The van der Waals surface area contributed by atoms with Crippen LogP contribution >= 0.6 is 0 Å². The maximum atomic E-state index is 11.0. The fourth-order valence-corrected chi connectivity index (χ4v) is 5.71. The summed E-state index contributed by atoms with van der Waals surface area (Å²) in [4.78, 5) is 21.2. The summed E-state index contributed by atoms with van der Waals surface area (Å²) in [6.45, 7) is 18.9. The second-order valence-corrected chi connectivity index (χ2v) is 11.6. The molecule has 0 aliphatic rings. The van der Waals surface area contributed by atoms with Crippen molar-refractivity contribution in [3.05, 3.63) is 91.5 Å². The highest BCUT2D eigenvalue weighted by atomic mass is 16.6. The number of quaternary nitrogens is 2. The number of hydrogen-bond acceptors (Lipinski definition) is 8. The van der Waals surface area contributed by atoms with Crippen LogP contribution in [0.4, 0.5) is 11.4 Å². The topological polar surface area (TPSA) is 131 Å². The van der Waals surface area contributed by atoms with Crippen LogP contribution in [-0.4, -0.2) is 81.5 Å². The average molecular weight is 625 g/mol. The molecule has 0 saturated heterocycles. The number of benzene rings is 2. The van der Waals surface area contributed by atoms with E-state index in [1.165, 1.54) is 0 Å². The predicted octanol–water partition coefficient (Wildman–Crippen LogP) is 6.25. The van der Waals surface area contributed by atoms with Crippen molar-refractivity contribution in [1.82, 2.24) is 10.2 Å². The third kappa shape index (κ3) is 10.2. The monoisotopic (exact) mass is 624 g/mol. The van der Waals surface area contributed by atoms with Gasteiger partial charge in [0.15, 0.2) is 0 Å². The van der Waals surface area contributed by atoms with Gasteiger partial charge in [-0.15, -0.1) is 10.2 Å². The first-order valence-corrected chi connectivity index (χ1v) is 15.8. The Bertz CT molecular complexity index is 1380. The minimum Gasteiger partial charge on any atom is -0.476 e. The van der Waals surface area contributed by atoms with E-state index in [1.807, 2.05) is 37.3 Å². The first-order chi connectivity index (χ1) is 21.6. The SMILES string of the molecule is CC[N+](CC)(CCCOc1cc(C)c(OCCC[N+](CC)(CC)Cc2ccc([N+](=O)[O-])cc2)nn1)Cc1ccc([N+](=O)[O-])cc1. The van der Waals surface area contributed by atoms with E-state index in [9.17, 15) is 20.2 Å². The maximum Gasteiger partial charge on any atom is 0.269 e. The summed E-state index contributed by atoms with van der Waals surface area (Å²) in [6.07, 6.45) is 1.67. The molecule has 0 aliphatic carbocycles. The zero-order valence-electron chi connectivity index (χ0n) is 27.3. The minimum atomic E-state index is -0.372. The van der Waals surface area contributed by atoms with Gasteiger partial charge in [0.1, 0.15) is 13.1 Å². The lowest BCUT2D eigenvalue weighted by Crippen LogP contribution is -2.48. The zero-order valence-corrected chi connectivity index (χ0v) is 27.3. The molecule has 0 saturated carbocycles. The molecule has 244 valence electrons. The molecule has 3 aromatic rings. The lowest BCUT2D eigenvalue weighted by atomic mass is 10.1. The Morgan fingerprint density at radius 2 is 1.09 bits per heavy atom. The van der Waals surface area contributed by atoms with E-state index in [0.717, 1.165) is 90.9 Å². The summed E-state index contributed by atoms with van der Waals surface area (Å²) in [5.74, 6) is 0.969. The minimum absolute atomic E-state index is 0.108. The van der Waals surface area contributed by atoms with Crippen LogP contribution in [0.5, 0.6) is 11.8 Å². The smallest absolute Gasteiger partial charge is 0.269 e. The molecule has 0 radical (unpaired) electrons. The van der Waals surface area contributed by atoms with Crippen molar-refractivity contribution in [2.24, 2.45) is 0 Å². The van der Waals surface area contributed by atoms with Crippen molar-refractivity contribution in [1.29, 1.82) is 0 Å². The Labute approximate surface area is 266 Å². The van der Waals surface area contributed by atoms with Crippen LogP contribution in [0.2, 0.25) is 0 Å². The van der Waals surface area contributed by atoms with Gasteiger partial charge in [-0.25, -0.2) is 0 Å². The van der Waals surface area contributed by atoms with Crippen molar-refractivity contribution in [3.63, 3.8) is 0 Å². The Kier molecular flexibility index (Phi) is 13.2. The van der Waals surface area contributed by atoms with E-state index in [2.05, 4.69) is 37.9 Å². The second kappa shape index (κ2) is 16.8. The van der Waals surface area contributed by atoms with Gasteiger partial charge in [-0.1, -0.05) is 0 Å². The highest BCUT2D eigenvalue weighted by Crippen LogP contribution is 2.22. The molecule has 1 aromatic heterocycles. The fourth-order valence-electron chi connectivity index (χ4n) is 5.71. The number of nitro benzene ring substituents is 2. The predicted molar refractivity (Wildman–Crippen MR) is 173 cm³/mol. The first-order valence-electron chi connectivity index (χ1n) is 15.8. The maximum absolute atomic E-state index is 11.0. The van der Waals surface area contributed by atoms with E-state index >= 15 is 0 Å². The van der Waals surface area contributed by atoms with Gasteiger partial charge in [-0.2, -0.15) is 0 Å². The molecule has 0 aliphatic heterocycles. The van der Waals surface area contributed by atoms with Gasteiger partial charge in [0.05, 0.1) is 62.3 Å². The average Bonchev–Trinajstić information content (AvgIpc) is 3.05. The number of ether oxygens (including phenoxy) is 2. The Balaban J connectivity index is 1.46. The summed E-state index contributed by atoms with van der Waals surface area (Å²) < 4.78 is 13.7. The van der Waals surface area contributed by atoms with Crippen molar-refractivity contribution >= 4 is 11.4 Å². The summed E-state index contributed by atoms with van der Waals surface area (Å²) in [6, 6.07) is 15.5. The van der Waals surface area contributed by atoms with E-state index in [4.69, 9.17) is 9.47 Å². The molecule has 45 heavy (non-hydrogen) atoms. The molecule has 1 heterocycles. The third-order valence-corrected chi connectivity index (χ3v) is 8.97. The fraction of sp³-hybridized carbons (Fsp3) is 0.515. The molecule has 0 N–H and O–H groups in total. The Hall–Kier alpha value is -4.16. The molecular formula is C33H48N6O6+2. The van der Waals surface area contributed by atoms with Gasteiger partial charge in [-0.05, 0) is 58.9 Å². The third-order valence-electron chi connectivity index (χ3n) is 8.97. The van der Waals surface area contributed by atoms with Crippen LogP contribution in [0.3, 0.4) is 0 Å². The van der Waals surface area contributed by atoms with Crippen molar-refractivity contribution in [2.75, 3.05) is 52.5 Å². The summed E-state index contributed by atoms with van der Waals surface area (Å²) in [5, 5.41) is 30.5. The molecule has 12 heteroatoms. The van der Waals surface area contributed by atoms with Gasteiger partial charge >= 0.3 is 0 Å². The van der Waals surface area contributed by atoms with Crippen molar-refractivity contribution in [2.45, 2.75) is 60.5 Å². The number of nitrogens with zero attached hydrogens (tertiary/aromatic N) is 6. The number of aromatic nitrogens is 2. The Morgan fingerprint density at radius 1 is 0.667 bits per heavy atom. The van der Waals surface area contributed by atoms with Crippen LogP contribution in [-0.2, 0) is 13.1 Å². The van der Waals surface area contributed by atoms with Gasteiger partial charge in [0.2, 0.25) is 11.8 Å². The summed E-state index contributed by atoms with van der Waals surface area (Å²) in [7, 11) is 0. The van der Waals surface area contributed by atoms with E-state index in [0.29, 0.717) is 25.0 Å². The number of non-ortho nitro benzene ring substituents is 2. The largest absolute Gasteiger partial charge is 0.476 e. The van der Waals surface area contributed by atoms with Gasteiger partial charge < -0.3 is 18.4 Å². The van der Waals surface area contributed by atoms with Gasteiger partial charge in [0.25, 0.3) is 11.4 Å². The number of hydrogen-bond donors (Lipinski definition) is 0. The molecule has 0 atom stereocenters. The lowest BCUT2D eigenvalue weighted by molar-refractivity contribution is -0.938. The van der Waals surface area contributed by atoms with Crippen LogP contribution in [0.1, 0.15) is 57.2 Å². The highest BCUT2D eigenvalue weighted by molar-refractivity contribution is 5.33. The van der Waals surface area contributed by atoms with Gasteiger partial charge in [0, 0.05) is 59.9 Å². The normalized spacial score (nSPS) is 11.8. The van der Waals surface area contributed by atoms with E-state index in [-0.39, 0.29) is 21.2 Å². The second-order valence-electron chi connectivity index (χ2n) is 11.6. The number of nitro groups is 2. The first kappa shape index (κ1) is 35.3. The summed E-state index contributed by atoms with van der Waals surface area (Å²) >= 11 is 0. The summed E-state index contributed by atoms with van der Waals surface area (Å²) in [5.41, 5.74) is 3.25. The zero-order chi connectivity index (χ0) is 32.9. The van der Waals surface area contributed by atoms with Crippen LogP contribution in [0, 0.1) is 27.2 Å². The van der Waals surface area contributed by atoms with E-state index < -0.39 is 0 Å². The van der Waals surface area contributed by atoms with Crippen molar-refractivity contribution < 1.29 is 28.3 Å². The molecule has 0 unspecified atom stereocenters. The molecule has 3 rings (SSSR count). The molecule has 12 nitrogen and oxygen atoms in total. The number of rotatable bonds is 20. The number of aryl methyl sites for hydroxylation is 1. The van der Waals surface area contributed by atoms with E-state index in [1.54, 1.807) is 24.3 Å². The highest BCUT2D eigenvalue weighted by Gasteiger charge is 2.25. The van der Waals surface area contributed by atoms with Crippen LogP contribution < -0.4 is 9.47 Å². The Morgan fingerprint density at radius 3 is 1.47 bits per heavy atom. The standard InChI is InChI=1S/C33H48N6O6/c1-6-38(7-2,25-28-12-16-30(17-13-28)36(40)41)20-10-22-44-32-24-27(5)33(35-34-32)45-23-11-21-39(8-3,9-4)26-29-14-18-31(19-15-29)37(42)43/h12-19,24H,6-11,20-23,25-26H2,1-5H3/q+2. The quantitative estimate of drug-likeness (QED) is 0.0624. The van der Waals surface area contributed by atoms with Crippen LogP contribution in [0.25, 0.3) is 0 Å². The lowest BCUT2D eigenvalue weighted by Gasteiger charge is -2.37. The van der Waals surface area contributed by atoms with Gasteiger partial charge in [-0.3, -0.25) is 20.2 Å².